The molecule has 0 radical (unpaired) electrons. The van der Waals surface area contributed by atoms with Crippen LogP contribution in [0.5, 0.6) is 0 Å². The molecular weight excluding hydrogens is 385 g/mol. The van der Waals surface area contributed by atoms with Crippen LogP contribution in [0.25, 0.3) is 23.0 Å². The number of hydrogen-bond acceptors (Lipinski definition) is 4. The normalized spacial score (nSPS) is 12.0. The van der Waals surface area contributed by atoms with Gasteiger partial charge >= 0.3 is 5.97 Å². The highest BCUT2D eigenvalue weighted by Gasteiger charge is 2.13. The topological polar surface area (TPSA) is 73.2 Å². The number of methoxy groups -OCH3 is 1. The minimum absolute atomic E-state index is 0.0862. The van der Waals surface area contributed by atoms with Crippen LogP contribution in [0.4, 0.5) is 4.39 Å². The summed E-state index contributed by atoms with van der Waals surface area (Å²) in [6.45, 7) is 1.72. The largest absolute Gasteiger partial charge is 0.469 e. The number of benzene rings is 2. The van der Waals surface area contributed by atoms with Crippen LogP contribution in [0.2, 0.25) is 0 Å². The summed E-state index contributed by atoms with van der Waals surface area (Å²) in [6.07, 6.45) is 4.91. The van der Waals surface area contributed by atoms with Crippen LogP contribution in [0.3, 0.4) is 0 Å². The standard InChI is InChI=1S/C23H22FN3O3/c1-16(14-22(29)30-2)25-21(28)13-10-18-15-27(20-6-4-3-5-7-20)26-23(18)17-8-11-19(24)12-9-17/h3-13,15-16H,14H2,1-2H3,(H,25,28)/b13-10+. The summed E-state index contributed by atoms with van der Waals surface area (Å²) in [4.78, 5) is 23.6. The summed E-state index contributed by atoms with van der Waals surface area (Å²) >= 11 is 0. The first-order valence-electron chi connectivity index (χ1n) is 9.42. The molecule has 1 atom stereocenters. The molecule has 0 fully saturated rings. The van der Waals surface area contributed by atoms with Crippen molar-refractivity contribution in [2.24, 2.45) is 0 Å². The van der Waals surface area contributed by atoms with Gasteiger partial charge in [0, 0.05) is 29.4 Å². The number of carbonyl (C=O) groups is 2. The molecule has 1 heterocycles. The van der Waals surface area contributed by atoms with Gasteiger partial charge in [-0.15, -0.1) is 0 Å². The van der Waals surface area contributed by atoms with Crippen LogP contribution in [0.1, 0.15) is 18.9 Å². The van der Waals surface area contributed by atoms with Gasteiger partial charge in [0.05, 0.1) is 24.9 Å². The summed E-state index contributed by atoms with van der Waals surface area (Å²) in [5.41, 5.74) is 2.90. The van der Waals surface area contributed by atoms with Crippen molar-refractivity contribution in [1.82, 2.24) is 15.1 Å². The van der Waals surface area contributed by atoms with Crippen LogP contribution in [-0.4, -0.2) is 34.8 Å². The Kier molecular flexibility index (Phi) is 6.75. The predicted molar refractivity (Wildman–Crippen MR) is 112 cm³/mol. The zero-order chi connectivity index (χ0) is 21.5. The van der Waals surface area contributed by atoms with E-state index in [1.807, 2.05) is 30.3 Å². The first kappa shape index (κ1) is 21.0. The van der Waals surface area contributed by atoms with Gasteiger partial charge in [-0.2, -0.15) is 5.10 Å². The summed E-state index contributed by atoms with van der Waals surface area (Å²) in [7, 11) is 1.30. The molecule has 0 aliphatic heterocycles. The lowest BCUT2D eigenvalue weighted by Crippen LogP contribution is -2.33. The summed E-state index contributed by atoms with van der Waals surface area (Å²) < 4.78 is 19.6. The van der Waals surface area contributed by atoms with Gasteiger partial charge in [0.2, 0.25) is 5.91 Å². The second-order valence-electron chi connectivity index (χ2n) is 6.74. The average Bonchev–Trinajstić information content (AvgIpc) is 3.17. The number of aromatic nitrogens is 2. The van der Waals surface area contributed by atoms with E-state index in [-0.39, 0.29) is 24.2 Å². The monoisotopic (exact) mass is 407 g/mol. The number of rotatable bonds is 7. The number of hydrogen-bond donors (Lipinski definition) is 1. The minimum atomic E-state index is -0.394. The molecule has 6 nitrogen and oxygen atoms in total. The Morgan fingerprint density at radius 3 is 2.53 bits per heavy atom. The second-order valence-corrected chi connectivity index (χ2v) is 6.74. The lowest BCUT2D eigenvalue weighted by molar-refractivity contribution is -0.141. The number of esters is 1. The third-order valence-electron chi connectivity index (χ3n) is 4.38. The van der Waals surface area contributed by atoms with Gasteiger partial charge in [0.15, 0.2) is 0 Å². The van der Waals surface area contributed by atoms with E-state index in [1.54, 1.807) is 36.0 Å². The van der Waals surface area contributed by atoms with E-state index in [4.69, 9.17) is 0 Å². The predicted octanol–water partition coefficient (Wildman–Crippen LogP) is 3.76. The number of halogens is 1. The SMILES string of the molecule is COC(=O)CC(C)NC(=O)/C=C/c1cn(-c2ccccc2)nc1-c1ccc(F)cc1. The zero-order valence-corrected chi connectivity index (χ0v) is 16.7. The second kappa shape index (κ2) is 9.65. The maximum absolute atomic E-state index is 13.3. The molecule has 1 aromatic heterocycles. The highest BCUT2D eigenvalue weighted by atomic mass is 19.1. The van der Waals surface area contributed by atoms with Crippen molar-refractivity contribution in [3.63, 3.8) is 0 Å². The summed E-state index contributed by atoms with van der Waals surface area (Å²) in [5.74, 6) is -1.07. The molecule has 3 rings (SSSR count). The number of ether oxygens (including phenoxy) is 1. The Morgan fingerprint density at radius 2 is 1.87 bits per heavy atom. The highest BCUT2D eigenvalue weighted by molar-refractivity contribution is 5.93. The molecule has 0 saturated carbocycles. The van der Waals surface area contributed by atoms with Crippen molar-refractivity contribution in [2.45, 2.75) is 19.4 Å². The summed E-state index contributed by atoms with van der Waals surface area (Å²) in [6, 6.07) is 15.2. The van der Waals surface area contributed by atoms with Crippen LogP contribution in [0, 0.1) is 5.82 Å². The lowest BCUT2D eigenvalue weighted by atomic mass is 10.1. The zero-order valence-electron chi connectivity index (χ0n) is 16.7. The van der Waals surface area contributed by atoms with Crippen LogP contribution in [-0.2, 0) is 14.3 Å². The molecule has 1 N–H and O–H groups in total. The fraction of sp³-hybridized carbons (Fsp3) is 0.174. The third-order valence-corrected chi connectivity index (χ3v) is 4.38. The Bertz CT molecular complexity index is 1040. The van der Waals surface area contributed by atoms with Gasteiger partial charge in [-0.05, 0) is 49.4 Å². The fourth-order valence-corrected chi connectivity index (χ4v) is 2.90. The molecule has 7 heteroatoms. The van der Waals surface area contributed by atoms with E-state index >= 15 is 0 Å². The molecule has 3 aromatic rings. The molecule has 0 spiro atoms. The number of carbonyl (C=O) groups excluding carboxylic acids is 2. The highest BCUT2D eigenvalue weighted by Crippen LogP contribution is 2.25. The van der Waals surface area contributed by atoms with Gasteiger partial charge in [-0.1, -0.05) is 18.2 Å². The fourth-order valence-electron chi connectivity index (χ4n) is 2.90. The molecule has 2 aromatic carbocycles. The Labute approximate surface area is 174 Å². The maximum Gasteiger partial charge on any atom is 0.307 e. The smallest absolute Gasteiger partial charge is 0.307 e. The molecule has 154 valence electrons. The molecule has 0 aliphatic rings. The van der Waals surface area contributed by atoms with Gasteiger partial charge < -0.3 is 10.1 Å². The molecular formula is C23H22FN3O3. The number of nitrogens with one attached hydrogen (secondary N) is 1. The van der Waals surface area contributed by atoms with Crippen LogP contribution < -0.4 is 5.32 Å². The number of amides is 1. The van der Waals surface area contributed by atoms with Crippen molar-refractivity contribution in [2.75, 3.05) is 7.11 Å². The molecule has 1 unspecified atom stereocenters. The van der Waals surface area contributed by atoms with E-state index in [9.17, 15) is 14.0 Å². The van der Waals surface area contributed by atoms with E-state index in [2.05, 4.69) is 15.2 Å². The number of para-hydroxylation sites is 1. The molecule has 0 saturated heterocycles. The Morgan fingerprint density at radius 1 is 1.17 bits per heavy atom. The number of nitrogens with zero attached hydrogens (tertiary/aromatic N) is 2. The lowest BCUT2D eigenvalue weighted by Gasteiger charge is -2.10. The van der Waals surface area contributed by atoms with E-state index < -0.39 is 5.97 Å². The van der Waals surface area contributed by atoms with Crippen molar-refractivity contribution >= 4 is 18.0 Å². The van der Waals surface area contributed by atoms with E-state index in [0.717, 1.165) is 11.3 Å². The Hall–Kier alpha value is -3.74. The van der Waals surface area contributed by atoms with Crippen molar-refractivity contribution in [3.05, 3.63) is 78.3 Å². The maximum atomic E-state index is 13.3. The van der Waals surface area contributed by atoms with E-state index in [0.29, 0.717) is 11.3 Å². The van der Waals surface area contributed by atoms with Crippen molar-refractivity contribution in [3.8, 4) is 16.9 Å². The molecule has 30 heavy (non-hydrogen) atoms. The molecule has 0 aliphatic carbocycles. The van der Waals surface area contributed by atoms with Gasteiger partial charge in [0.25, 0.3) is 0 Å². The van der Waals surface area contributed by atoms with Crippen LogP contribution in [0.15, 0.2) is 66.9 Å². The van der Waals surface area contributed by atoms with Crippen molar-refractivity contribution < 1.29 is 18.7 Å². The van der Waals surface area contributed by atoms with Gasteiger partial charge in [0.1, 0.15) is 5.82 Å². The van der Waals surface area contributed by atoms with Crippen molar-refractivity contribution in [1.29, 1.82) is 0 Å². The molecule has 0 bridgehead atoms. The summed E-state index contributed by atoms with van der Waals surface area (Å²) in [5, 5.41) is 7.34. The quantitative estimate of drug-likeness (QED) is 0.478. The third kappa shape index (κ3) is 5.41. The minimum Gasteiger partial charge on any atom is -0.469 e. The van der Waals surface area contributed by atoms with Gasteiger partial charge in [-0.3, -0.25) is 9.59 Å². The average molecular weight is 407 g/mol. The first-order chi connectivity index (χ1) is 14.5. The van der Waals surface area contributed by atoms with Crippen LogP contribution >= 0.6 is 0 Å². The van der Waals surface area contributed by atoms with E-state index in [1.165, 1.54) is 25.3 Å². The van der Waals surface area contributed by atoms with Gasteiger partial charge in [-0.25, -0.2) is 9.07 Å². The molecule has 1 amide bonds. The first-order valence-corrected chi connectivity index (χ1v) is 9.42. The Balaban J connectivity index is 1.86.